The van der Waals surface area contributed by atoms with Crippen molar-refractivity contribution < 1.29 is 13.5 Å². The molecule has 0 bridgehead atoms. The van der Waals surface area contributed by atoms with Crippen LogP contribution in [-0.4, -0.2) is 31.4 Å². The minimum atomic E-state index is -3.18. The highest BCUT2D eigenvalue weighted by Crippen LogP contribution is 2.13. The van der Waals surface area contributed by atoms with Gasteiger partial charge in [0.15, 0.2) is 0 Å². The minimum Gasteiger partial charge on any atom is -0.389 e. The predicted octanol–water partition coefficient (Wildman–Crippen LogP) is 0.477. The van der Waals surface area contributed by atoms with Crippen molar-refractivity contribution in [3.05, 3.63) is 0 Å². The van der Waals surface area contributed by atoms with E-state index >= 15 is 0 Å². The van der Waals surface area contributed by atoms with Crippen molar-refractivity contribution in [1.29, 1.82) is 0 Å². The van der Waals surface area contributed by atoms with E-state index in [1.54, 1.807) is 6.92 Å². The van der Waals surface area contributed by atoms with E-state index in [1.807, 2.05) is 13.8 Å². The smallest absolute Gasteiger partial charge is 0.211 e. The zero-order valence-electron chi connectivity index (χ0n) is 8.50. The molecule has 0 fully saturated rings. The van der Waals surface area contributed by atoms with Crippen molar-refractivity contribution in [3.8, 4) is 0 Å². The second-order valence-corrected chi connectivity index (χ2v) is 5.25. The Balaban J connectivity index is 4.15. The maximum Gasteiger partial charge on any atom is 0.211 e. The first-order valence-electron chi connectivity index (χ1n) is 4.59. The van der Waals surface area contributed by atoms with E-state index in [9.17, 15) is 13.5 Å². The third-order valence-corrected chi connectivity index (χ3v) is 3.66. The summed E-state index contributed by atoms with van der Waals surface area (Å²) in [6, 6.07) is 0. The van der Waals surface area contributed by atoms with Gasteiger partial charge in [-0.05, 0) is 19.8 Å². The van der Waals surface area contributed by atoms with Crippen molar-refractivity contribution in [2.75, 3.05) is 12.3 Å². The number of rotatable bonds is 6. The Labute approximate surface area is 80.4 Å². The molecule has 0 saturated heterocycles. The predicted molar refractivity (Wildman–Crippen MR) is 53.0 cm³/mol. The number of nitrogens with one attached hydrogen (secondary N) is 1. The van der Waals surface area contributed by atoms with Crippen LogP contribution < -0.4 is 4.72 Å². The lowest BCUT2D eigenvalue weighted by molar-refractivity contribution is 0.0377. The average molecular weight is 209 g/mol. The van der Waals surface area contributed by atoms with Gasteiger partial charge in [-0.3, -0.25) is 0 Å². The molecule has 0 aromatic carbocycles. The molecule has 0 aromatic rings. The van der Waals surface area contributed by atoms with E-state index in [2.05, 4.69) is 4.72 Å². The molecule has 0 atom stereocenters. The van der Waals surface area contributed by atoms with Gasteiger partial charge in [-0.15, -0.1) is 0 Å². The van der Waals surface area contributed by atoms with Gasteiger partial charge in [-0.25, -0.2) is 13.1 Å². The first kappa shape index (κ1) is 12.9. The fraction of sp³-hybridized carbons (Fsp3) is 1.00. The van der Waals surface area contributed by atoms with Crippen LogP contribution in [0.3, 0.4) is 0 Å². The van der Waals surface area contributed by atoms with Crippen molar-refractivity contribution in [2.24, 2.45) is 0 Å². The zero-order chi connectivity index (χ0) is 10.5. The van der Waals surface area contributed by atoms with Crippen LogP contribution in [0.2, 0.25) is 0 Å². The first-order chi connectivity index (χ1) is 5.89. The zero-order valence-corrected chi connectivity index (χ0v) is 9.32. The van der Waals surface area contributed by atoms with Crippen molar-refractivity contribution in [2.45, 2.75) is 39.2 Å². The maximum atomic E-state index is 11.1. The lowest BCUT2D eigenvalue weighted by atomic mass is 9.98. The van der Waals surface area contributed by atoms with Gasteiger partial charge >= 0.3 is 0 Å². The molecule has 0 aliphatic heterocycles. The van der Waals surface area contributed by atoms with Gasteiger partial charge < -0.3 is 5.11 Å². The van der Waals surface area contributed by atoms with E-state index in [4.69, 9.17) is 0 Å². The highest BCUT2D eigenvalue weighted by Gasteiger charge is 2.23. The number of hydrogen-bond acceptors (Lipinski definition) is 3. The molecule has 0 radical (unpaired) electrons. The number of sulfonamides is 1. The van der Waals surface area contributed by atoms with Gasteiger partial charge in [0.1, 0.15) is 0 Å². The van der Waals surface area contributed by atoms with Gasteiger partial charge in [0.2, 0.25) is 10.0 Å². The molecule has 0 spiro atoms. The molecular weight excluding hydrogens is 190 g/mol. The highest BCUT2D eigenvalue weighted by atomic mass is 32.2. The summed E-state index contributed by atoms with van der Waals surface area (Å²) in [7, 11) is -3.18. The second-order valence-electron chi connectivity index (χ2n) is 3.16. The molecule has 0 aliphatic carbocycles. The molecule has 2 N–H and O–H groups in total. The highest BCUT2D eigenvalue weighted by molar-refractivity contribution is 7.89. The Bertz CT molecular complexity index is 232. The fourth-order valence-corrected chi connectivity index (χ4v) is 1.54. The van der Waals surface area contributed by atoms with E-state index in [-0.39, 0.29) is 12.3 Å². The van der Waals surface area contributed by atoms with Gasteiger partial charge in [0.05, 0.1) is 11.4 Å². The molecular formula is C8H19NO3S. The molecule has 0 unspecified atom stereocenters. The van der Waals surface area contributed by atoms with Crippen LogP contribution in [0.15, 0.2) is 0 Å². The fourth-order valence-electron chi connectivity index (χ4n) is 0.846. The molecule has 0 aromatic heterocycles. The monoisotopic (exact) mass is 209 g/mol. The summed E-state index contributed by atoms with van der Waals surface area (Å²) >= 11 is 0. The Morgan fingerprint density at radius 3 is 2.00 bits per heavy atom. The van der Waals surface area contributed by atoms with Crippen LogP contribution in [0.1, 0.15) is 33.6 Å². The summed E-state index contributed by atoms with van der Waals surface area (Å²) in [6.07, 6.45) is 1.10. The topological polar surface area (TPSA) is 66.4 Å². The van der Waals surface area contributed by atoms with Crippen LogP contribution in [0.5, 0.6) is 0 Å². The standard InChI is InChI=1S/C8H19NO3S/c1-4-8(10,5-2)7-9-13(11,12)6-3/h9-10H,4-7H2,1-3H3. The third kappa shape index (κ3) is 4.59. The maximum absolute atomic E-state index is 11.1. The Morgan fingerprint density at radius 1 is 1.23 bits per heavy atom. The molecule has 5 heteroatoms. The molecule has 80 valence electrons. The molecule has 0 aliphatic rings. The van der Waals surface area contributed by atoms with Gasteiger partial charge in [-0.2, -0.15) is 0 Å². The lowest BCUT2D eigenvalue weighted by Crippen LogP contribution is -2.42. The van der Waals surface area contributed by atoms with Crippen molar-refractivity contribution in [3.63, 3.8) is 0 Å². The molecule has 4 nitrogen and oxygen atoms in total. The summed E-state index contributed by atoms with van der Waals surface area (Å²) in [4.78, 5) is 0. The molecule has 0 rings (SSSR count). The van der Waals surface area contributed by atoms with Crippen LogP contribution in [-0.2, 0) is 10.0 Å². The van der Waals surface area contributed by atoms with Crippen LogP contribution in [0.4, 0.5) is 0 Å². The molecule has 0 amide bonds. The summed E-state index contributed by atoms with van der Waals surface area (Å²) in [5.41, 5.74) is -0.901. The molecule has 13 heavy (non-hydrogen) atoms. The molecule has 0 saturated carbocycles. The normalized spacial score (nSPS) is 13.2. The van der Waals surface area contributed by atoms with E-state index in [0.717, 1.165) is 0 Å². The lowest BCUT2D eigenvalue weighted by Gasteiger charge is -2.25. The summed E-state index contributed by atoms with van der Waals surface area (Å²) < 4.78 is 24.5. The van der Waals surface area contributed by atoms with Gasteiger partial charge in [0, 0.05) is 6.54 Å². The average Bonchev–Trinajstić information content (AvgIpc) is 2.14. The quantitative estimate of drug-likeness (QED) is 0.668. The van der Waals surface area contributed by atoms with Gasteiger partial charge in [-0.1, -0.05) is 13.8 Å². The summed E-state index contributed by atoms with van der Waals surface area (Å²) in [5, 5.41) is 9.76. The largest absolute Gasteiger partial charge is 0.389 e. The van der Waals surface area contributed by atoms with Crippen molar-refractivity contribution >= 4 is 10.0 Å². The van der Waals surface area contributed by atoms with Crippen molar-refractivity contribution in [1.82, 2.24) is 4.72 Å². The van der Waals surface area contributed by atoms with Crippen LogP contribution in [0.25, 0.3) is 0 Å². The Morgan fingerprint density at radius 2 is 1.69 bits per heavy atom. The molecule has 0 heterocycles. The minimum absolute atomic E-state index is 0.0521. The first-order valence-corrected chi connectivity index (χ1v) is 6.24. The van der Waals surface area contributed by atoms with Gasteiger partial charge in [0.25, 0.3) is 0 Å². The van der Waals surface area contributed by atoms with Crippen LogP contribution in [0, 0.1) is 0 Å². The number of aliphatic hydroxyl groups is 1. The van der Waals surface area contributed by atoms with Crippen LogP contribution >= 0.6 is 0 Å². The SMILES string of the molecule is CCC(O)(CC)CNS(=O)(=O)CC. The second kappa shape index (κ2) is 4.93. The Hall–Kier alpha value is -0.130. The van der Waals surface area contributed by atoms with E-state index in [0.29, 0.717) is 12.8 Å². The van der Waals surface area contributed by atoms with E-state index in [1.165, 1.54) is 0 Å². The summed E-state index contributed by atoms with van der Waals surface area (Å²) in [5.74, 6) is 0.0521. The Kier molecular flexibility index (Phi) is 4.88. The third-order valence-electron chi connectivity index (χ3n) is 2.32. The number of hydrogen-bond donors (Lipinski definition) is 2. The summed E-state index contributed by atoms with van der Waals surface area (Å²) in [6.45, 7) is 5.35. The van der Waals surface area contributed by atoms with E-state index < -0.39 is 15.6 Å².